The normalized spacial score (nSPS) is 21.7. The molecule has 25 heavy (non-hydrogen) atoms. The first kappa shape index (κ1) is 15.5. The zero-order valence-electron chi connectivity index (χ0n) is 14.3. The van der Waals surface area contributed by atoms with Crippen LogP contribution < -0.4 is 10.5 Å². The molecule has 6 nitrogen and oxygen atoms in total. The largest absolute Gasteiger partial charge is 0.347 e. The smallest absolute Gasteiger partial charge is 0.253 e. The van der Waals surface area contributed by atoms with Gasteiger partial charge in [-0.25, -0.2) is 9.97 Å². The van der Waals surface area contributed by atoms with Crippen LogP contribution in [0.2, 0.25) is 0 Å². The highest BCUT2D eigenvalue weighted by Crippen LogP contribution is 2.40. The molecule has 2 aromatic heterocycles. The number of piperidine rings is 1. The summed E-state index contributed by atoms with van der Waals surface area (Å²) >= 11 is 1.54. The second kappa shape index (κ2) is 6.20. The molecule has 0 spiro atoms. The van der Waals surface area contributed by atoms with Gasteiger partial charge in [-0.05, 0) is 44.4 Å². The molecule has 1 saturated heterocycles. The zero-order chi connectivity index (χ0) is 16.8. The van der Waals surface area contributed by atoms with E-state index in [1.807, 2.05) is 0 Å². The monoisotopic (exact) mass is 357 g/mol. The van der Waals surface area contributed by atoms with Gasteiger partial charge in [0.25, 0.3) is 5.56 Å². The van der Waals surface area contributed by atoms with Crippen LogP contribution in [-0.4, -0.2) is 32.0 Å². The van der Waals surface area contributed by atoms with Crippen LogP contribution in [0.25, 0.3) is 0 Å². The molecule has 2 saturated carbocycles. The lowest BCUT2D eigenvalue weighted by molar-refractivity contribution is 0.350. The number of hydrogen-bond acceptors (Lipinski definition) is 6. The second-order valence-electron chi connectivity index (χ2n) is 7.72. The van der Waals surface area contributed by atoms with Crippen LogP contribution in [0.4, 0.5) is 5.13 Å². The van der Waals surface area contributed by atoms with Crippen LogP contribution in [0.3, 0.4) is 0 Å². The Morgan fingerprint density at radius 1 is 1.08 bits per heavy atom. The third kappa shape index (κ3) is 3.34. The summed E-state index contributed by atoms with van der Waals surface area (Å²) in [6, 6.07) is 1.74. The molecule has 0 radical (unpaired) electrons. The van der Waals surface area contributed by atoms with Crippen molar-refractivity contribution in [3.63, 3.8) is 0 Å². The highest BCUT2D eigenvalue weighted by Gasteiger charge is 2.30. The molecule has 0 amide bonds. The van der Waals surface area contributed by atoms with Crippen molar-refractivity contribution in [2.75, 3.05) is 18.0 Å². The molecule has 7 heteroatoms. The Labute approximate surface area is 151 Å². The van der Waals surface area contributed by atoms with Gasteiger partial charge in [0.15, 0.2) is 0 Å². The third-order valence-electron chi connectivity index (χ3n) is 5.61. The van der Waals surface area contributed by atoms with Gasteiger partial charge in [-0.3, -0.25) is 9.36 Å². The summed E-state index contributed by atoms with van der Waals surface area (Å²) in [6.07, 6.45) is 8.81. The molecule has 0 atom stereocenters. The van der Waals surface area contributed by atoms with Crippen molar-refractivity contribution in [2.45, 2.75) is 56.9 Å². The highest BCUT2D eigenvalue weighted by molar-refractivity contribution is 7.09. The maximum absolute atomic E-state index is 12.3. The summed E-state index contributed by atoms with van der Waals surface area (Å²) in [5.41, 5.74) is 1.09. The van der Waals surface area contributed by atoms with Crippen LogP contribution in [0.1, 0.15) is 61.9 Å². The Balaban J connectivity index is 1.19. The summed E-state index contributed by atoms with van der Waals surface area (Å²) < 4.78 is 6.31. The van der Waals surface area contributed by atoms with E-state index in [1.54, 1.807) is 28.5 Å². The fourth-order valence-corrected chi connectivity index (χ4v) is 4.42. The first-order valence-electron chi connectivity index (χ1n) is 9.41. The number of anilines is 1. The van der Waals surface area contributed by atoms with Crippen molar-refractivity contribution in [3.05, 3.63) is 34.3 Å². The van der Waals surface area contributed by atoms with E-state index in [4.69, 9.17) is 4.98 Å². The number of aromatic nitrogens is 4. The lowest BCUT2D eigenvalue weighted by atomic mass is 9.97. The molecule has 132 valence electrons. The average molecular weight is 357 g/mol. The van der Waals surface area contributed by atoms with Crippen molar-refractivity contribution in [1.82, 2.24) is 18.9 Å². The molecule has 3 aliphatic rings. The summed E-state index contributed by atoms with van der Waals surface area (Å²) in [4.78, 5) is 23.9. The molecule has 0 N–H and O–H groups in total. The summed E-state index contributed by atoms with van der Waals surface area (Å²) in [6.45, 7) is 2.80. The molecule has 0 bridgehead atoms. The summed E-state index contributed by atoms with van der Waals surface area (Å²) in [7, 11) is 0. The van der Waals surface area contributed by atoms with E-state index in [0.717, 1.165) is 49.1 Å². The van der Waals surface area contributed by atoms with Gasteiger partial charge in [0.05, 0.1) is 12.0 Å². The molecule has 0 aromatic carbocycles. The second-order valence-corrected chi connectivity index (χ2v) is 8.45. The van der Waals surface area contributed by atoms with Crippen molar-refractivity contribution < 1.29 is 0 Å². The molecule has 0 unspecified atom stereocenters. The van der Waals surface area contributed by atoms with Gasteiger partial charge >= 0.3 is 0 Å². The van der Waals surface area contributed by atoms with Crippen LogP contribution >= 0.6 is 11.5 Å². The van der Waals surface area contributed by atoms with E-state index < -0.39 is 0 Å². The molecule has 2 aromatic rings. The molecule has 3 fully saturated rings. The summed E-state index contributed by atoms with van der Waals surface area (Å²) in [5, 5.41) is 1.08. The standard InChI is InChI=1S/C18H23N5OS/c24-16-9-15(13-1-2-13)19-11-23(16)10-12-5-7-22(8-6-12)18-20-17(21-25-18)14-3-4-14/h9,11-14H,1-8,10H2. The minimum Gasteiger partial charge on any atom is -0.347 e. The van der Waals surface area contributed by atoms with E-state index in [9.17, 15) is 4.79 Å². The van der Waals surface area contributed by atoms with Crippen LogP contribution in [0.5, 0.6) is 0 Å². The van der Waals surface area contributed by atoms with E-state index in [0.29, 0.717) is 17.8 Å². The predicted octanol–water partition coefficient (Wildman–Crippen LogP) is 2.77. The minimum atomic E-state index is 0.109. The van der Waals surface area contributed by atoms with Gasteiger partial charge in [-0.15, -0.1) is 0 Å². The Morgan fingerprint density at radius 2 is 1.84 bits per heavy atom. The van der Waals surface area contributed by atoms with E-state index >= 15 is 0 Å². The number of nitrogens with zero attached hydrogens (tertiary/aromatic N) is 5. The molecule has 2 aliphatic carbocycles. The fraction of sp³-hybridized carbons (Fsp3) is 0.667. The van der Waals surface area contributed by atoms with Gasteiger partial charge in [0.1, 0.15) is 5.82 Å². The maximum Gasteiger partial charge on any atom is 0.253 e. The van der Waals surface area contributed by atoms with Crippen molar-refractivity contribution in [1.29, 1.82) is 0 Å². The van der Waals surface area contributed by atoms with Gasteiger partial charge in [-0.2, -0.15) is 4.37 Å². The van der Waals surface area contributed by atoms with Crippen molar-refractivity contribution in [2.24, 2.45) is 5.92 Å². The molecular formula is C18H23N5OS. The Bertz CT molecular complexity index is 815. The van der Waals surface area contributed by atoms with Crippen LogP contribution in [-0.2, 0) is 6.54 Å². The lowest BCUT2D eigenvalue weighted by Crippen LogP contribution is -2.36. The first-order chi connectivity index (χ1) is 12.3. The molecule has 5 rings (SSSR count). The first-order valence-corrected chi connectivity index (χ1v) is 10.2. The maximum atomic E-state index is 12.3. The van der Waals surface area contributed by atoms with E-state index in [1.165, 1.54) is 25.7 Å². The molecular weight excluding hydrogens is 334 g/mol. The molecule has 1 aliphatic heterocycles. The fourth-order valence-electron chi connectivity index (χ4n) is 3.63. The zero-order valence-corrected chi connectivity index (χ0v) is 15.1. The van der Waals surface area contributed by atoms with Crippen LogP contribution in [0.15, 0.2) is 17.2 Å². The van der Waals surface area contributed by atoms with Gasteiger partial charge in [-0.1, -0.05) is 0 Å². The number of rotatable bonds is 5. The van der Waals surface area contributed by atoms with E-state index in [-0.39, 0.29) is 5.56 Å². The SMILES string of the molecule is O=c1cc(C2CC2)ncn1CC1CCN(c2nc(C3CC3)ns2)CC1. The minimum absolute atomic E-state index is 0.109. The van der Waals surface area contributed by atoms with Crippen molar-refractivity contribution >= 4 is 16.7 Å². The van der Waals surface area contributed by atoms with Crippen molar-refractivity contribution in [3.8, 4) is 0 Å². The lowest BCUT2D eigenvalue weighted by Gasteiger charge is -2.31. The van der Waals surface area contributed by atoms with Gasteiger partial charge in [0, 0.05) is 49.1 Å². The van der Waals surface area contributed by atoms with E-state index in [2.05, 4.69) is 14.3 Å². The quantitative estimate of drug-likeness (QED) is 0.823. The Morgan fingerprint density at radius 3 is 2.52 bits per heavy atom. The highest BCUT2D eigenvalue weighted by atomic mass is 32.1. The Kier molecular flexibility index (Phi) is 3.84. The van der Waals surface area contributed by atoms with Crippen LogP contribution in [0, 0.1) is 5.92 Å². The van der Waals surface area contributed by atoms with Gasteiger partial charge in [0.2, 0.25) is 5.13 Å². The molecule has 3 heterocycles. The van der Waals surface area contributed by atoms with Gasteiger partial charge < -0.3 is 4.90 Å². The predicted molar refractivity (Wildman–Crippen MR) is 97.3 cm³/mol. The summed E-state index contributed by atoms with van der Waals surface area (Å²) in [5.74, 6) is 2.76. The third-order valence-corrected chi connectivity index (χ3v) is 6.40. The topological polar surface area (TPSA) is 63.9 Å². The average Bonchev–Trinajstić information content (AvgIpc) is 3.56. The number of hydrogen-bond donors (Lipinski definition) is 0. The Hall–Kier alpha value is -1.76.